The Kier molecular flexibility index (Phi) is 4.62. The van der Waals surface area contributed by atoms with Gasteiger partial charge in [-0.2, -0.15) is 0 Å². The van der Waals surface area contributed by atoms with Crippen molar-refractivity contribution < 1.29 is 9.15 Å². The van der Waals surface area contributed by atoms with Crippen molar-refractivity contribution >= 4 is 0 Å². The topological polar surface area (TPSA) is 44.4 Å². The monoisotopic (exact) mass is 309 g/mol. The molecule has 0 amide bonds. The van der Waals surface area contributed by atoms with Gasteiger partial charge in [-0.25, -0.2) is 4.79 Å². The van der Waals surface area contributed by atoms with Crippen molar-refractivity contribution in [3.63, 3.8) is 0 Å². The van der Waals surface area contributed by atoms with Gasteiger partial charge in [0.2, 0.25) is 0 Å². The zero-order chi connectivity index (χ0) is 16.1. The molecule has 0 aliphatic carbocycles. The van der Waals surface area contributed by atoms with Crippen molar-refractivity contribution in [1.82, 2.24) is 4.57 Å². The highest BCUT2D eigenvalue weighted by molar-refractivity contribution is 5.33. The van der Waals surface area contributed by atoms with Gasteiger partial charge in [0.05, 0.1) is 18.8 Å². The Labute approximate surface area is 135 Å². The number of ether oxygens (including phenoxy) is 1. The Hall–Kier alpha value is -2.75. The molecule has 0 N–H and O–H groups in total. The normalized spacial score (nSPS) is 10.9. The largest absolute Gasteiger partial charge is 0.464 e. The van der Waals surface area contributed by atoms with Crippen LogP contribution >= 0.6 is 0 Å². The summed E-state index contributed by atoms with van der Waals surface area (Å²) < 4.78 is 12.3. The van der Waals surface area contributed by atoms with Gasteiger partial charge in [-0.3, -0.25) is 4.57 Å². The molecule has 2 aromatic carbocycles. The molecule has 0 saturated heterocycles. The highest BCUT2D eigenvalue weighted by atomic mass is 16.6. The minimum Gasteiger partial charge on any atom is -0.464 e. The maximum absolute atomic E-state index is 12.3. The van der Waals surface area contributed by atoms with E-state index in [0.717, 1.165) is 17.5 Å². The lowest BCUT2D eigenvalue weighted by molar-refractivity contribution is 0.236. The molecule has 118 valence electrons. The maximum Gasteiger partial charge on any atom is 0.422 e. The van der Waals surface area contributed by atoms with E-state index in [1.807, 2.05) is 67.6 Å². The van der Waals surface area contributed by atoms with E-state index >= 15 is 0 Å². The van der Waals surface area contributed by atoms with Gasteiger partial charge in [-0.05, 0) is 17.5 Å². The first-order valence-electron chi connectivity index (χ1n) is 7.74. The van der Waals surface area contributed by atoms with Crippen LogP contribution in [0.3, 0.4) is 0 Å². The number of rotatable bonds is 6. The van der Waals surface area contributed by atoms with E-state index in [9.17, 15) is 4.79 Å². The van der Waals surface area contributed by atoms with Crippen LogP contribution in [0.15, 0.2) is 76.1 Å². The highest BCUT2D eigenvalue weighted by Crippen LogP contribution is 2.26. The molecular weight excluding hydrogens is 290 g/mol. The minimum atomic E-state index is -0.422. The number of aromatic nitrogens is 1. The lowest BCUT2D eigenvalue weighted by Gasteiger charge is -2.18. The molecule has 3 rings (SSSR count). The predicted octanol–water partition coefficient (Wildman–Crippen LogP) is 3.87. The number of nitrogens with zero attached hydrogens (tertiary/aromatic N) is 1. The molecule has 1 heterocycles. The fraction of sp³-hybridized carbons (Fsp3) is 0.211. The maximum atomic E-state index is 12.3. The van der Waals surface area contributed by atoms with Crippen LogP contribution in [-0.2, 0) is 0 Å². The van der Waals surface area contributed by atoms with Gasteiger partial charge in [0.25, 0.3) is 0 Å². The Morgan fingerprint density at radius 2 is 1.57 bits per heavy atom. The van der Waals surface area contributed by atoms with Gasteiger partial charge in [0.1, 0.15) is 0 Å². The Bertz CT molecular complexity index is 751. The molecule has 1 aromatic heterocycles. The van der Waals surface area contributed by atoms with Gasteiger partial charge < -0.3 is 9.15 Å². The molecule has 0 unspecified atom stereocenters. The van der Waals surface area contributed by atoms with Crippen molar-refractivity contribution in [2.24, 2.45) is 0 Å². The third-order valence-electron chi connectivity index (χ3n) is 3.60. The van der Waals surface area contributed by atoms with E-state index in [4.69, 9.17) is 9.15 Å². The Morgan fingerprint density at radius 1 is 1.00 bits per heavy atom. The van der Waals surface area contributed by atoms with Gasteiger partial charge in [-0.1, -0.05) is 67.6 Å². The summed E-state index contributed by atoms with van der Waals surface area (Å²) in [5.74, 6) is -0.164. The Balaban J connectivity index is 2.06. The second kappa shape index (κ2) is 7.01. The molecule has 4 heteroatoms. The van der Waals surface area contributed by atoms with Crippen LogP contribution in [-0.4, -0.2) is 11.2 Å². The smallest absolute Gasteiger partial charge is 0.422 e. The van der Waals surface area contributed by atoms with Crippen molar-refractivity contribution in [2.75, 3.05) is 6.61 Å². The fourth-order valence-electron chi connectivity index (χ4n) is 2.57. The van der Waals surface area contributed by atoms with Gasteiger partial charge in [-0.15, -0.1) is 0 Å². The van der Waals surface area contributed by atoms with Crippen LogP contribution in [0.1, 0.15) is 30.5 Å². The van der Waals surface area contributed by atoms with Crippen molar-refractivity contribution in [3.8, 4) is 5.95 Å². The fourth-order valence-corrected chi connectivity index (χ4v) is 2.57. The molecule has 0 atom stereocenters. The summed E-state index contributed by atoms with van der Waals surface area (Å²) in [7, 11) is 0. The van der Waals surface area contributed by atoms with E-state index in [1.54, 1.807) is 10.8 Å². The van der Waals surface area contributed by atoms with E-state index < -0.39 is 5.76 Å². The molecule has 0 aliphatic rings. The quantitative estimate of drug-likeness (QED) is 0.694. The van der Waals surface area contributed by atoms with Crippen LogP contribution in [0.4, 0.5) is 0 Å². The van der Waals surface area contributed by atoms with Gasteiger partial charge in [0.15, 0.2) is 0 Å². The summed E-state index contributed by atoms with van der Waals surface area (Å²) in [5.41, 5.74) is 2.03. The van der Waals surface area contributed by atoms with Gasteiger partial charge >= 0.3 is 11.7 Å². The first-order valence-corrected chi connectivity index (χ1v) is 7.74. The van der Waals surface area contributed by atoms with Crippen LogP contribution in [0.5, 0.6) is 5.95 Å². The molecular formula is C19H19NO3. The average Bonchev–Trinajstić information content (AvgIpc) is 2.96. The van der Waals surface area contributed by atoms with E-state index in [2.05, 4.69) is 0 Å². The van der Waals surface area contributed by atoms with Crippen LogP contribution in [0.2, 0.25) is 0 Å². The number of hydrogen-bond acceptors (Lipinski definition) is 3. The summed E-state index contributed by atoms with van der Waals surface area (Å²) in [6, 6.07) is 19.5. The molecule has 0 aliphatic heterocycles. The van der Waals surface area contributed by atoms with Gasteiger partial charge in [0, 0.05) is 0 Å². The zero-order valence-corrected chi connectivity index (χ0v) is 13.0. The molecule has 23 heavy (non-hydrogen) atoms. The lowest BCUT2D eigenvalue weighted by atomic mass is 9.99. The minimum absolute atomic E-state index is 0.243. The molecule has 0 bridgehead atoms. The molecule has 3 aromatic rings. The summed E-state index contributed by atoms with van der Waals surface area (Å²) in [4.78, 5) is 12.3. The van der Waals surface area contributed by atoms with E-state index in [0.29, 0.717) is 6.61 Å². The molecule has 4 nitrogen and oxygen atoms in total. The summed E-state index contributed by atoms with van der Waals surface area (Å²) in [6.45, 7) is 2.53. The SMILES string of the molecule is CCCOc1cn(C(c2ccccc2)c2ccccc2)c(=O)o1. The second-order valence-electron chi connectivity index (χ2n) is 5.30. The standard InChI is InChI=1S/C19H19NO3/c1-2-13-22-17-14-20(19(21)23-17)18(15-9-5-3-6-10-15)16-11-7-4-8-12-16/h3-12,14,18H,2,13H2,1H3. The number of benzene rings is 2. The van der Waals surface area contributed by atoms with E-state index in [-0.39, 0.29) is 12.0 Å². The second-order valence-corrected chi connectivity index (χ2v) is 5.30. The average molecular weight is 309 g/mol. The van der Waals surface area contributed by atoms with Crippen LogP contribution < -0.4 is 10.5 Å². The lowest BCUT2D eigenvalue weighted by Crippen LogP contribution is -2.21. The summed E-state index contributed by atoms with van der Waals surface area (Å²) in [5, 5.41) is 0. The molecule has 0 radical (unpaired) electrons. The van der Waals surface area contributed by atoms with Crippen molar-refractivity contribution in [1.29, 1.82) is 0 Å². The predicted molar refractivity (Wildman–Crippen MR) is 88.9 cm³/mol. The number of oxazole rings is 1. The van der Waals surface area contributed by atoms with Crippen molar-refractivity contribution in [2.45, 2.75) is 19.4 Å². The van der Waals surface area contributed by atoms with Crippen LogP contribution in [0.25, 0.3) is 0 Å². The van der Waals surface area contributed by atoms with Crippen molar-refractivity contribution in [3.05, 3.63) is 88.5 Å². The molecule has 0 saturated carbocycles. The third-order valence-corrected chi connectivity index (χ3v) is 3.60. The first kappa shape index (κ1) is 15.2. The zero-order valence-electron chi connectivity index (χ0n) is 13.0. The highest BCUT2D eigenvalue weighted by Gasteiger charge is 2.20. The third kappa shape index (κ3) is 3.37. The Morgan fingerprint density at radius 3 is 2.09 bits per heavy atom. The summed E-state index contributed by atoms with van der Waals surface area (Å²) in [6.07, 6.45) is 2.50. The first-order chi connectivity index (χ1) is 11.3. The van der Waals surface area contributed by atoms with Crippen LogP contribution in [0, 0.1) is 0 Å². The number of hydrogen-bond donors (Lipinski definition) is 0. The van der Waals surface area contributed by atoms with E-state index in [1.165, 1.54) is 0 Å². The molecule has 0 spiro atoms. The summed E-state index contributed by atoms with van der Waals surface area (Å²) >= 11 is 0. The molecule has 0 fully saturated rings.